The van der Waals surface area contributed by atoms with Gasteiger partial charge in [0.1, 0.15) is 17.6 Å². The Morgan fingerprint density at radius 3 is 2.84 bits per heavy atom. The molecule has 100 valence electrons. The lowest BCUT2D eigenvalue weighted by Gasteiger charge is -2.37. The number of ether oxygens (including phenoxy) is 2. The summed E-state index contributed by atoms with van der Waals surface area (Å²) < 4.78 is 12.2. The molecule has 1 fully saturated rings. The standard InChI is InChI=1S/C14H15BrN2O2/c1-9-11-3-10(15)4-12(13(11)17-8-16-9)19-7-14(2)5-18-6-14/h3-4,8H,5-7H2,1-2H3. The van der Waals surface area contributed by atoms with Crippen molar-refractivity contribution < 1.29 is 9.47 Å². The molecule has 1 aliphatic rings. The highest BCUT2D eigenvalue weighted by molar-refractivity contribution is 9.10. The lowest BCUT2D eigenvalue weighted by molar-refractivity contribution is -0.120. The van der Waals surface area contributed by atoms with Crippen LogP contribution in [0.15, 0.2) is 22.9 Å². The first-order valence-electron chi connectivity index (χ1n) is 6.19. The number of fused-ring (bicyclic) bond motifs is 1. The van der Waals surface area contributed by atoms with Gasteiger partial charge in [-0.2, -0.15) is 0 Å². The molecule has 0 amide bonds. The third kappa shape index (κ3) is 2.44. The summed E-state index contributed by atoms with van der Waals surface area (Å²) in [7, 11) is 0. The van der Waals surface area contributed by atoms with Crippen LogP contribution in [0.3, 0.4) is 0 Å². The fourth-order valence-electron chi connectivity index (χ4n) is 2.12. The van der Waals surface area contributed by atoms with Crippen LogP contribution in [0.4, 0.5) is 0 Å². The number of aryl methyl sites for hydroxylation is 1. The monoisotopic (exact) mass is 322 g/mol. The lowest BCUT2D eigenvalue weighted by atomic mass is 9.90. The maximum absolute atomic E-state index is 5.96. The molecule has 2 heterocycles. The van der Waals surface area contributed by atoms with Crippen LogP contribution in [-0.4, -0.2) is 29.8 Å². The predicted molar refractivity (Wildman–Crippen MR) is 76.4 cm³/mol. The van der Waals surface area contributed by atoms with Gasteiger partial charge in [-0.05, 0) is 19.1 Å². The molecule has 0 unspecified atom stereocenters. The summed E-state index contributed by atoms with van der Waals surface area (Å²) in [4.78, 5) is 8.56. The van der Waals surface area contributed by atoms with Gasteiger partial charge in [0, 0.05) is 21.0 Å². The van der Waals surface area contributed by atoms with Gasteiger partial charge in [-0.1, -0.05) is 22.9 Å². The number of halogens is 1. The Balaban J connectivity index is 1.95. The third-order valence-electron chi connectivity index (χ3n) is 3.34. The summed E-state index contributed by atoms with van der Waals surface area (Å²) in [6.45, 7) is 6.29. The minimum atomic E-state index is 0.122. The lowest BCUT2D eigenvalue weighted by Crippen LogP contribution is -2.44. The molecule has 0 atom stereocenters. The SMILES string of the molecule is Cc1ncnc2c(OCC3(C)COC3)cc(Br)cc12. The van der Waals surface area contributed by atoms with E-state index in [9.17, 15) is 0 Å². The molecule has 1 aromatic carbocycles. The van der Waals surface area contributed by atoms with Gasteiger partial charge in [0.2, 0.25) is 0 Å². The van der Waals surface area contributed by atoms with Crippen LogP contribution in [0, 0.1) is 12.3 Å². The Kier molecular flexibility index (Phi) is 3.19. The Morgan fingerprint density at radius 2 is 2.16 bits per heavy atom. The molecule has 0 N–H and O–H groups in total. The average Bonchev–Trinajstić information content (AvgIpc) is 2.35. The van der Waals surface area contributed by atoms with Crippen LogP contribution in [-0.2, 0) is 4.74 Å². The topological polar surface area (TPSA) is 44.2 Å². The smallest absolute Gasteiger partial charge is 0.146 e. The molecule has 1 saturated heterocycles. The first kappa shape index (κ1) is 12.8. The van der Waals surface area contributed by atoms with Crippen LogP contribution < -0.4 is 4.74 Å². The van der Waals surface area contributed by atoms with Crippen LogP contribution in [0.5, 0.6) is 5.75 Å². The summed E-state index contributed by atoms with van der Waals surface area (Å²) in [5, 5.41) is 1.02. The molecular weight excluding hydrogens is 308 g/mol. The van der Waals surface area contributed by atoms with Crippen molar-refractivity contribution in [3.63, 3.8) is 0 Å². The van der Waals surface area contributed by atoms with Gasteiger partial charge >= 0.3 is 0 Å². The van der Waals surface area contributed by atoms with Gasteiger partial charge in [-0.3, -0.25) is 0 Å². The Bertz CT molecular complexity index is 626. The van der Waals surface area contributed by atoms with Gasteiger partial charge in [0.15, 0.2) is 0 Å². The zero-order valence-corrected chi connectivity index (χ0v) is 12.5. The van der Waals surface area contributed by atoms with E-state index in [1.54, 1.807) is 6.33 Å². The number of benzene rings is 1. The van der Waals surface area contributed by atoms with E-state index in [0.29, 0.717) is 6.61 Å². The van der Waals surface area contributed by atoms with Crippen LogP contribution in [0.2, 0.25) is 0 Å². The summed E-state index contributed by atoms with van der Waals surface area (Å²) in [5.41, 5.74) is 1.94. The first-order valence-corrected chi connectivity index (χ1v) is 6.98. The molecule has 0 spiro atoms. The number of hydrogen-bond donors (Lipinski definition) is 0. The maximum Gasteiger partial charge on any atom is 0.146 e. The van der Waals surface area contributed by atoms with E-state index in [1.807, 2.05) is 19.1 Å². The second kappa shape index (κ2) is 4.72. The zero-order valence-electron chi connectivity index (χ0n) is 10.9. The number of aromatic nitrogens is 2. The highest BCUT2D eigenvalue weighted by atomic mass is 79.9. The normalized spacial score (nSPS) is 17.2. The largest absolute Gasteiger partial charge is 0.491 e. The van der Waals surface area contributed by atoms with E-state index in [1.165, 1.54) is 0 Å². The molecule has 0 aliphatic carbocycles. The van der Waals surface area contributed by atoms with Gasteiger partial charge < -0.3 is 9.47 Å². The second-order valence-electron chi connectivity index (χ2n) is 5.35. The van der Waals surface area contributed by atoms with E-state index in [2.05, 4.69) is 32.8 Å². The molecule has 0 saturated carbocycles. The van der Waals surface area contributed by atoms with E-state index in [-0.39, 0.29) is 5.41 Å². The van der Waals surface area contributed by atoms with E-state index in [0.717, 1.165) is 40.0 Å². The zero-order chi connectivity index (χ0) is 13.5. The van der Waals surface area contributed by atoms with Crippen molar-refractivity contribution in [1.29, 1.82) is 0 Å². The molecule has 0 radical (unpaired) electrons. The van der Waals surface area contributed by atoms with Crippen molar-refractivity contribution in [3.8, 4) is 5.75 Å². The Morgan fingerprint density at radius 1 is 1.37 bits per heavy atom. The molecule has 19 heavy (non-hydrogen) atoms. The van der Waals surface area contributed by atoms with E-state index < -0.39 is 0 Å². The minimum Gasteiger partial charge on any atom is -0.491 e. The summed E-state index contributed by atoms with van der Waals surface area (Å²) >= 11 is 3.51. The van der Waals surface area contributed by atoms with Crippen LogP contribution in [0.1, 0.15) is 12.6 Å². The highest BCUT2D eigenvalue weighted by Crippen LogP contribution is 2.32. The first-order chi connectivity index (χ1) is 9.07. The maximum atomic E-state index is 5.96. The molecule has 2 aromatic rings. The molecule has 0 bridgehead atoms. The van der Waals surface area contributed by atoms with Gasteiger partial charge in [-0.15, -0.1) is 0 Å². The second-order valence-corrected chi connectivity index (χ2v) is 6.27. The van der Waals surface area contributed by atoms with Crippen molar-refractivity contribution in [2.45, 2.75) is 13.8 Å². The van der Waals surface area contributed by atoms with Crippen LogP contribution >= 0.6 is 15.9 Å². The fraction of sp³-hybridized carbons (Fsp3) is 0.429. The van der Waals surface area contributed by atoms with E-state index in [4.69, 9.17) is 9.47 Å². The van der Waals surface area contributed by atoms with Crippen molar-refractivity contribution in [2.24, 2.45) is 5.41 Å². The van der Waals surface area contributed by atoms with Crippen molar-refractivity contribution in [3.05, 3.63) is 28.6 Å². The summed E-state index contributed by atoms with van der Waals surface area (Å²) in [6.07, 6.45) is 1.58. The predicted octanol–water partition coefficient (Wildman–Crippen LogP) is 3.12. The molecule has 1 aliphatic heterocycles. The summed E-state index contributed by atoms with van der Waals surface area (Å²) in [6, 6.07) is 3.98. The average molecular weight is 323 g/mol. The van der Waals surface area contributed by atoms with Gasteiger partial charge in [-0.25, -0.2) is 9.97 Å². The molecule has 3 rings (SSSR count). The Labute approximate surface area is 120 Å². The molecule has 5 heteroatoms. The molecule has 1 aromatic heterocycles. The highest BCUT2D eigenvalue weighted by Gasteiger charge is 2.34. The Hall–Kier alpha value is -1.20. The minimum absolute atomic E-state index is 0.122. The van der Waals surface area contributed by atoms with Crippen molar-refractivity contribution in [1.82, 2.24) is 9.97 Å². The fourth-order valence-corrected chi connectivity index (χ4v) is 2.56. The number of hydrogen-bond acceptors (Lipinski definition) is 4. The summed E-state index contributed by atoms with van der Waals surface area (Å²) in [5.74, 6) is 0.794. The third-order valence-corrected chi connectivity index (χ3v) is 3.80. The number of rotatable bonds is 3. The number of nitrogens with zero attached hydrogens (tertiary/aromatic N) is 2. The van der Waals surface area contributed by atoms with E-state index >= 15 is 0 Å². The van der Waals surface area contributed by atoms with Crippen molar-refractivity contribution >= 4 is 26.8 Å². The van der Waals surface area contributed by atoms with Crippen LogP contribution in [0.25, 0.3) is 10.9 Å². The van der Waals surface area contributed by atoms with Gasteiger partial charge in [0.05, 0.1) is 19.8 Å². The molecular formula is C14H15BrN2O2. The molecule has 4 nitrogen and oxygen atoms in total. The van der Waals surface area contributed by atoms with Crippen molar-refractivity contribution in [2.75, 3.05) is 19.8 Å². The quantitative estimate of drug-likeness (QED) is 0.870. The van der Waals surface area contributed by atoms with Gasteiger partial charge in [0.25, 0.3) is 0 Å².